The van der Waals surface area contributed by atoms with Gasteiger partial charge >= 0.3 is 0 Å². The number of hydrogen-bond donors (Lipinski definition) is 1. The Labute approximate surface area is 98.9 Å². The minimum Gasteiger partial charge on any atom is -0.369 e. The van der Waals surface area contributed by atoms with Crippen LogP contribution in [0.5, 0.6) is 0 Å². The first kappa shape index (κ1) is 13.0. The van der Waals surface area contributed by atoms with Crippen molar-refractivity contribution in [2.45, 2.75) is 4.90 Å². The molecule has 0 heterocycles. The SMILES string of the molecule is CN(CC(N)=O)S(=O)(=O)c1ccccc1Cl. The van der Waals surface area contributed by atoms with Crippen LogP contribution >= 0.6 is 11.6 Å². The van der Waals surface area contributed by atoms with Crippen molar-refractivity contribution in [2.24, 2.45) is 5.73 Å². The minimum atomic E-state index is -3.76. The molecule has 5 nitrogen and oxygen atoms in total. The van der Waals surface area contributed by atoms with E-state index in [9.17, 15) is 13.2 Å². The molecule has 0 aliphatic carbocycles. The summed E-state index contributed by atoms with van der Waals surface area (Å²) in [6, 6.07) is 6.01. The molecule has 0 unspecified atom stereocenters. The van der Waals surface area contributed by atoms with Gasteiger partial charge < -0.3 is 5.73 Å². The zero-order valence-corrected chi connectivity index (χ0v) is 10.1. The van der Waals surface area contributed by atoms with Crippen LogP contribution in [0.4, 0.5) is 0 Å². The van der Waals surface area contributed by atoms with Gasteiger partial charge in [0, 0.05) is 7.05 Å². The first-order valence-corrected chi connectivity index (χ1v) is 6.16. The first-order chi connectivity index (χ1) is 7.35. The summed E-state index contributed by atoms with van der Waals surface area (Å²) in [6.45, 7) is -0.381. The Morgan fingerprint density at radius 1 is 1.44 bits per heavy atom. The molecule has 0 fully saturated rings. The van der Waals surface area contributed by atoms with Gasteiger partial charge in [0.25, 0.3) is 0 Å². The average molecular weight is 263 g/mol. The van der Waals surface area contributed by atoms with Crippen molar-refractivity contribution in [1.82, 2.24) is 4.31 Å². The number of halogens is 1. The summed E-state index contributed by atoms with van der Waals surface area (Å²) in [5.74, 6) is -0.724. The zero-order valence-electron chi connectivity index (χ0n) is 8.55. The number of rotatable bonds is 4. The molecule has 1 aromatic rings. The number of amides is 1. The Hall–Kier alpha value is -1.11. The second kappa shape index (κ2) is 4.82. The monoisotopic (exact) mass is 262 g/mol. The summed E-state index contributed by atoms with van der Waals surface area (Å²) in [4.78, 5) is 10.6. The van der Waals surface area contributed by atoms with Gasteiger partial charge in [-0.3, -0.25) is 4.79 Å². The fourth-order valence-electron chi connectivity index (χ4n) is 1.13. The molecule has 1 rings (SSSR count). The summed E-state index contributed by atoms with van der Waals surface area (Å²) < 4.78 is 24.7. The van der Waals surface area contributed by atoms with E-state index in [1.165, 1.54) is 19.2 Å². The van der Waals surface area contributed by atoms with Crippen LogP contribution in [-0.2, 0) is 14.8 Å². The standard InChI is InChI=1S/C9H11ClN2O3S/c1-12(6-9(11)13)16(14,15)8-5-3-2-4-7(8)10/h2-5H,6H2,1H3,(H2,11,13). The van der Waals surface area contributed by atoms with E-state index in [0.717, 1.165) is 4.31 Å². The van der Waals surface area contributed by atoms with Crippen LogP contribution in [0, 0.1) is 0 Å². The highest BCUT2D eigenvalue weighted by Gasteiger charge is 2.24. The van der Waals surface area contributed by atoms with E-state index >= 15 is 0 Å². The Morgan fingerprint density at radius 3 is 2.50 bits per heavy atom. The molecule has 0 radical (unpaired) electrons. The van der Waals surface area contributed by atoms with Gasteiger partial charge in [0.2, 0.25) is 15.9 Å². The van der Waals surface area contributed by atoms with Crippen molar-refractivity contribution >= 4 is 27.5 Å². The van der Waals surface area contributed by atoms with Crippen LogP contribution in [0.1, 0.15) is 0 Å². The number of benzene rings is 1. The molecule has 0 aromatic heterocycles. The predicted octanol–water partition coefficient (Wildman–Crippen LogP) is 0.446. The number of hydrogen-bond acceptors (Lipinski definition) is 3. The van der Waals surface area contributed by atoms with E-state index < -0.39 is 15.9 Å². The summed E-state index contributed by atoms with van der Waals surface area (Å²) in [7, 11) is -2.50. The fraction of sp³-hybridized carbons (Fsp3) is 0.222. The smallest absolute Gasteiger partial charge is 0.244 e. The van der Waals surface area contributed by atoms with Crippen molar-refractivity contribution in [2.75, 3.05) is 13.6 Å². The van der Waals surface area contributed by atoms with Gasteiger partial charge in [-0.15, -0.1) is 0 Å². The van der Waals surface area contributed by atoms with Crippen molar-refractivity contribution in [3.05, 3.63) is 29.3 Å². The molecule has 1 aromatic carbocycles. The Balaban J connectivity index is 3.12. The van der Waals surface area contributed by atoms with Crippen LogP contribution in [-0.4, -0.2) is 32.2 Å². The van der Waals surface area contributed by atoms with E-state index in [4.69, 9.17) is 17.3 Å². The fourth-order valence-corrected chi connectivity index (χ4v) is 2.75. The number of nitrogens with zero attached hydrogens (tertiary/aromatic N) is 1. The number of carbonyl (C=O) groups excluding carboxylic acids is 1. The number of nitrogens with two attached hydrogens (primary N) is 1. The molecular formula is C9H11ClN2O3S. The molecule has 0 spiro atoms. The Bertz CT molecular complexity index is 501. The molecule has 7 heteroatoms. The van der Waals surface area contributed by atoms with Crippen LogP contribution in [0.25, 0.3) is 0 Å². The van der Waals surface area contributed by atoms with E-state index in [0.29, 0.717) is 0 Å². The average Bonchev–Trinajstić information content (AvgIpc) is 2.16. The second-order valence-corrected chi connectivity index (χ2v) is 5.58. The highest BCUT2D eigenvalue weighted by atomic mass is 35.5. The van der Waals surface area contributed by atoms with Crippen LogP contribution in [0.2, 0.25) is 5.02 Å². The third kappa shape index (κ3) is 2.72. The molecule has 1 amide bonds. The number of carbonyl (C=O) groups is 1. The summed E-state index contributed by atoms with van der Waals surface area (Å²) in [5.41, 5.74) is 4.93. The van der Waals surface area contributed by atoms with Gasteiger partial charge in [-0.25, -0.2) is 8.42 Å². The van der Waals surface area contributed by atoms with Gasteiger partial charge in [0.1, 0.15) is 4.90 Å². The third-order valence-electron chi connectivity index (χ3n) is 1.90. The van der Waals surface area contributed by atoms with Gasteiger partial charge in [-0.2, -0.15) is 4.31 Å². The highest BCUT2D eigenvalue weighted by Crippen LogP contribution is 2.22. The van der Waals surface area contributed by atoms with Gasteiger partial charge in [0.05, 0.1) is 11.6 Å². The van der Waals surface area contributed by atoms with Crippen molar-refractivity contribution < 1.29 is 13.2 Å². The maximum atomic E-state index is 11.9. The van der Waals surface area contributed by atoms with Gasteiger partial charge in [0.15, 0.2) is 0 Å². The van der Waals surface area contributed by atoms with Gasteiger partial charge in [-0.1, -0.05) is 23.7 Å². The van der Waals surface area contributed by atoms with E-state index in [1.54, 1.807) is 12.1 Å². The van der Waals surface area contributed by atoms with Crippen LogP contribution in [0.15, 0.2) is 29.2 Å². The minimum absolute atomic E-state index is 0.0413. The number of primary amides is 1. The molecule has 2 N–H and O–H groups in total. The molecule has 0 aliphatic heterocycles. The molecule has 88 valence electrons. The predicted molar refractivity (Wildman–Crippen MR) is 60.5 cm³/mol. The normalized spacial score (nSPS) is 11.7. The molecule has 0 bridgehead atoms. The largest absolute Gasteiger partial charge is 0.369 e. The van der Waals surface area contributed by atoms with Crippen molar-refractivity contribution in [3.63, 3.8) is 0 Å². The zero-order chi connectivity index (χ0) is 12.3. The lowest BCUT2D eigenvalue weighted by Gasteiger charge is -2.15. The molecule has 0 atom stereocenters. The lowest BCUT2D eigenvalue weighted by molar-refractivity contribution is -0.118. The van der Waals surface area contributed by atoms with Crippen LogP contribution in [0.3, 0.4) is 0 Å². The molecule has 16 heavy (non-hydrogen) atoms. The Morgan fingerprint density at radius 2 is 2.00 bits per heavy atom. The summed E-state index contributed by atoms with van der Waals surface area (Å²) in [6.07, 6.45) is 0. The maximum absolute atomic E-state index is 11.9. The van der Waals surface area contributed by atoms with E-state index in [1.807, 2.05) is 0 Å². The maximum Gasteiger partial charge on any atom is 0.244 e. The van der Waals surface area contributed by atoms with Gasteiger partial charge in [-0.05, 0) is 12.1 Å². The first-order valence-electron chi connectivity index (χ1n) is 4.35. The molecular weight excluding hydrogens is 252 g/mol. The molecule has 0 saturated heterocycles. The van der Waals surface area contributed by atoms with E-state index in [-0.39, 0.29) is 16.5 Å². The molecule has 0 aliphatic rings. The summed E-state index contributed by atoms with van der Waals surface area (Å²) in [5, 5.41) is 0.110. The molecule has 0 saturated carbocycles. The third-order valence-corrected chi connectivity index (χ3v) is 4.21. The number of likely N-dealkylation sites (N-methyl/N-ethyl adjacent to an activating group) is 1. The van der Waals surface area contributed by atoms with Crippen LogP contribution < -0.4 is 5.73 Å². The Kier molecular flexibility index (Phi) is 3.90. The highest BCUT2D eigenvalue weighted by molar-refractivity contribution is 7.89. The number of sulfonamides is 1. The lowest BCUT2D eigenvalue weighted by atomic mass is 10.4. The quantitative estimate of drug-likeness (QED) is 0.855. The van der Waals surface area contributed by atoms with Crippen molar-refractivity contribution in [3.8, 4) is 0 Å². The van der Waals surface area contributed by atoms with Crippen molar-refractivity contribution in [1.29, 1.82) is 0 Å². The van der Waals surface area contributed by atoms with E-state index in [2.05, 4.69) is 0 Å². The topological polar surface area (TPSA) is 80.5 Å². The lowest BCUT2D eigenvalue weighted by Crippen LogP contribution is -2.35. The second-order valence-electron chi connectivity index (χ2n) is 3.16. The summed E-state index contributed by atoms with van der Waals surface area (Å²) >= 11 is 5.77.